The van der Waals surface area contributed by atoms with Gasteiger partial charge in [0.15, 0.2) is 0 Å². The summed E-state index contributed by atoms with van der Waals surface area (Å²) in [5.74, 6) is 0.0274. The molecule has 1 atom stereocenters. The Morgan fingerprint density at radius 2 is 2.00 bits per heavy atom. The summed E-state index contributed by atoms with van der Waals surface area (Å²) in [7, 11) is 0. The Morgan fingerprint density at radius 1 is 1.29 bits per heavy atom. The van der Waals surface area contributed by atoms with Crippen molar-refractivity contribution in [2.45, 2.75) is 52.0 Å². The highest BCUT2D eigenvalue weighted by molar-refractivity contribution is 5.92. The Bertz CT molecular complexity index is 618. The first-order chi connectivity index (χ1) is 11.6. The Balaban J connectivity index is 2.01. The van der Waals surface area contributed by atoms with Crippen LogP contribution >= 0.6 is 0 Å². The van der Waals surface area contributed by atoms with E-state index in [4.69, 9.17) is 5.26 Å². The second-order valence-corrected chi connectivity index (χ2v) is 6.22. The quantitative estimate of drug-likeness (QED) is 0.835. The van der Waals surface area contributed by atoms with Crippen molar-refractivity contribution < 1.29 is 9.59 Å². The average Bonchev–Trinajstić information content (AvgIpc) is 2.61. The summed E-state index contributed by atoms with van der Waals surface area (Å²) in [6.45, 7) is 4.81. The third-order valence-corrected chi connectivity index (χ3v) is 4.66. The van der Waals surface area contributed by atoms with Crippen molar-refractivity contribution in [2.24, 2.45) is 0 Å². The van der Waals surface area contributed by atoms with Gasteiger partial charge in [0.2, 0.25) is 11.8 Å². The zero-order valence-electron chi connectivity index (χ0n) is 14.5. The van der Waals surface area contributed by atoms with Crippen LogP contribution in [0.2, 0.25) is 0 Å². The van der Waals surface area contributed by atoms with Crippen LogP contribution in [-0.2, 0) is 9.59 Å². The number of nitriles is 1. The third-order valence-electron chi connectivity index (χ3n) is 4.66. The lowest BCUT2D eigenvalue weighted by Crippen LogP contribution is -2.44. The van der Waals surface area contributed by atoms with Gasteiger partial charge in [-0.2, -0.15) is 5.26 Å². The lowest BCUT2D eigenvalue weighted by atomic mass is 9.99. The molecule has 128 valence electrons. The topological polar surface area (TPSA) is 64.4 Å². The number of nitrogens with zero attached hydrogens (tertiary/aromatic N) is 3. The minimum Gasteiger partial charge on any atom is -0.340 e. The van der Waals surface area contributed by atoms with Crippen LogP contribution in [0.1, 0.15) is 51.5 Å². The summed E-state index contributed by atoms with van der Waals surface area (Å²) >= 11 is 0. The van der Waals surface area contributed by atoms with Gasteiger partial charge in [-0.25, -0.2) is 0 Å². The molecule has 5 nitrogen and oxygen atoms in total. The average molecular weight is 327 g/mol. The van der Waals surface area contributed by atoms with Crippen LogP contribution in [0.15, 0.2) is 24.3 Å². The summed E-state index contributed by atoms with van der Waals surface area (Å²) in [6.07, 6.45) is 4.64. The molecular formula is C19H25N3O2. The van der Waals surface area contributed by atoms with Gasteiger partial charge in [-0.15, -0.1) is 0 Å². The number of anilines is 1. The molecule has 1 fully saturated rings. The van der Waals surface area contributed by atoms with Crippen molar-refractivity contribution >= 4 is 17.5 Å². The van der Waals surface area contributed by atoms with Crippen LogP contribution in [0, 0.1) is 11.3 Å². The van der Waals surface area contributed by atoms with E-state index in [1.165, 1.54) is 13.3 Å². The minimum atomic E-state index is -0.0989. The van der Waals surface area contributed by atoms with Crippen molar-refractivity contribution in [1.29, 1.82) is 5.26 Å². The van der Waals surface area contributed by atoms with Crippen molar-refractivity contribution in [3.63, 3.8) is 0 Å². The number of piperidine rings is 1. The largest absolute Gasteiger partial charge is 0.340 e. The number of likely N-dealkylation sites (tertiary alicyclic amines) is 1. The van der Waals surface area contributed by atoms with Gasteiger partial charge in [0, 0.05) is 38.2 Å². The lowest BCUT2D eigenvalue weighted by molar-refractivity contribution is -0.134. The lowest BCUT2D eigenvalue weighted by Gasteiger charge is -2.35. The third kappa shape index (κ3) is 4.35. The molecule has 2 rings (SSSR count). The Labute approximate surface area is 143 Å². The Morgan fingerprint density at radius 3 is 2.58 bits per heavy atom. The maximum atomic E-state index is 12.6. The van der Waals surface area contributed by atoms with Gasteiger partial charge in [0.1, 0.15) is 0 Å². The molecule has 2 amide bonds. The van der Waals surface area contributed by atoms with Crippen molar-refractivity contribution in [3.05, 3.63) is 29.8 Å². The van der Waals surface area contributed by atoms with Gasteiger partial charge in [-0.1, -0.05) is 6.92 Å². The highest BCUT2D eigenvalue weighted by Crippen LogP contribution is 2.21. The normalized spacial score (nSPS) is 17.2. The number of hydrogen-bond donors (Lipinski definition) is 0. The number of amides is 2. The van der Waals surface area contributed by atoms with E-state index in [-0.39, 0.29) is 11.8 Å². The molecule has 1 saturated heterocycles. The molecule has 0 spiro atoms. The number of carbonyl (C=O) groups excluding carboxylic acids is 2. The monoisotopic (exact) mass is 327 g/mol. The highest BCUT2D eigenvalue weighted by atomic mass is 16.2. The first kappa shape index (κ1) is 18.0. The maximum absolute atomic E-state index is 12.6. The van der Waals surface area contributed by atoms with E-state index < -0.39 is 0 Å². The standard InChI is InChI=1S/C19H25N3O2/c1-3-17-6-4-5-12-22(17)19(24)11-13-21(15(2)23)18-9-7-16(14-20)8-10-18/h7-10,17H,3-6,11-13H2,1-2H3. The molecule has 1 aromatic rings. The van der Waals surface area contributed by atoms with Crippen LogP contribution in [-0.4, -0.2) is 35.8 Å². The molecule has 5 heteroatoms. The van der Waals surface area contributed by atoms with Gasteiger partial charge in [0.05, 0.1) is 11.6 Å². The molecule has 0 radical (unpaired) electrons. The zero-order chi connectivity index (χ0) is 17.5. The number of hydrogen-bond acceptors (Lipinski definition) is 3. The predicted molar refractivity (Wildman–Crippen MR) is 93.4 cm³/mol. The zero-order valence-corrected chi connectivity index (χ0v) is 14.5. The summed E-state index contributed by atoms with van der Waals surface area (Å²) in [5, 5.41) is 8.86. The molecular weight excluding hydrogens is 302 g/mol. The SMILES string of the molecule is CCC1CCCCN1C(=O)CCN(C(C)=O)c1ccc(C#N)cc1. The van der Waals surface area contributed by atoms with Gasteiger partial charge >= 0.3 is 0 Å². The van der Waals surface area contributed by atoms with Crippen LogP contribution < -0.4 is 4.90 Å². The minimum absolute atomic E-state index is 0.0989. The van der Waals surface area contributed by atoms with Gasteiger partial charge in [-0.05, 0) is 49.9 Å². The van der Waals surface area contributed by atoms with E-state index in [0.717, 1.165) is 31.5 Å². The first-order valence-corrected chi connectivity index (χ1v) is 8.64. The fraction of sp³-hybridized carbons (Fsp3) is 0.526. The second-order valence-electron chi connectivity index (χ2n) is 6.22. The fourth-order valence-corrected chi connectivity index (χ4v) is 3.29. The summed E-state index contributed by atoms with van der Waals surface area (Å²) in [4.78, 5) is 28.1. The van der Waals surface area contributed by atoms with Crippen molar-refractivity contribution in [2.75, 3.05) is 18.0 Å². The molecule has 1 aromatic carbocycles. The molecule has 1 unspecified atom stereocenters. The van der Waals surface area contributed by atoms with E-state index in [1.807, 2.05) is 4.90 Å². The summed E-state index contributed by atoms with van der Waals surface area (Å²) in [5.41, 5.74) is 1.28. The van der Waals surface area contributed by atoms with Crippen molar-refractivity contribution in [1.82, 2.24) is 4.90 Å². The summed E-state index contributed by atoms with van der Waals surface area (Å²) in [6, 6.07) is 9.27. The van der Waals surface area contributed by atoms with Gasteiger partial charge in [0.25, 0.3) is 0 Å². The predicted octanol–water partition coefficient (Wildman–Crippen LogP) is 3.09. The van der Waals surface area contributed by atoms with E-state index in [9.17, 15) is 9.59 Å². The molecule has 0 aromatic heterocycles. The summed E-state index contributed by atoms with van der Waals surface area (Å²) < 4.78 is 0. The van der Waals surface area contributed by atoms with E-state index in [0.29, 0.717) is 24.6 Å². The highest BCUT2D eigenvalue weighted by Gasteiger charge is 2.25. The number of rotatable bonds is 5. The first-order valence-electron chi connectivity index (χ1n) is 8.64. The molecule has 0 aliphatic carbocycles. The van der Waals surface area contributed by atoms with E-state index in [1.54, 1.807) is 29.2 Å². The number of benzene rings is 1. The van der Waals surface area contributed by atoms with Gasteiger partial charge in [-0.3, -0.25) is 9.59 Å². The molecule has 0 saturated carbocycles. The second kappa shape index (κ2) is 8.49. The van der Waals surface area contributed by atoms with E-state index >= 15 is 0 Å². The molecule has 0 N–H and O–H groups in total. The molecule has 24 heavy (non-hydrogen) atoms. The Hall–Kier alpha value is -2.35. The van der Waals surface area contributed by atoms with Crippen LogP contribution in [0.3, 0.4) is 0 Å². The Kier molecular flexibility index (Phi) is 6.36. The molecule has 1 aliphatic heterocycles. The van der Waals surface area contributed by atoms with Crippen LogP contribution in [0.5, 0.6) is 0 Å². The fourth-order valence-electron chi connectivity index (χ4n) is 3.29. The van der Waals surface area contributed by atoms with Crippen molar-refractivity contribution in [3.8, 4) is 6.07 Å². The van der Waals surface area contributed by atoms with Crippen LogP contribution in [0.25, 0.3) is 0 Å². The number of carbonyl (C=O) groups is 2. The van der Waals surface area contributed by atoms with Gasteiger partial charge < -0.3 is 9.80 Å². The van der Waals surface area contributed by atoms with E-state index in [2.05, 4.69) is 13.0 Å². The van der Waals surface area contributed by atoms with Crippen LogP contribution in [0.4, 0.5) is 5.69 Å². The smallest absolute Gasteiger partial charge is 0.224 e. The molecule has 1 heterocycles. The molecule has 1 aliphatic rings. The molecule has 0 bridgehead atoms. The maximum Gasteiger partial charge on any atom is 0.224 e.